The molecule has 2 aliphatic rings. The van der Waals surface area contributed by atoms with Crippen LogP contribution < -0.4 is 4.74 Å². The van der Waals surface area contributed by atoms with Gasteiger partial charge >= 0.3 is 0 Å². The molecule has 2 aromatic heterocycles. The van der Waals surface area contributed by atoms with Gasteiger partial charge in [-0.25, -0.2) is 9.97 Å². The molecule has 0 amide bonds. The van der Waals surface area contributed by atoms with E-state index >= 15 is 0 Å². The molecule has 8 heteroatoms. The molecule has 1 N–H and O–H groups in total. The Labute approximate surface area is 187 Å². The predicted octanol–water partition coefficient (Wildman–Crippen LogP) is 2.53. The molecule has 5 rings (SSSR count). The van der Waals surface area contributed by atoms with E-state index in [0.717, 1.165) is 80.1 Å². The van der Waals surface area contributed by atoms with E-state index in [4.69, 9.17) is 14.5 Å². The van der Waals surface area contributed by atoms with Crippen LogP contribution >= 0.6 is 0 Å². The third-order valence-corrected chi connectivity index (χ3v) is 6.48. The summed E-state index contributed by atoms with van der Waals surface area (Å²) >= 11 is 0. The predicted molar refractivity (Wildman–Crippen MR) is 122 cm³/mol. The maximum atomic E-state index is 11.4. The number of hydrogen-bond donors (Lipinski definition) is 1. The highest BCUT2D eigenvalue weighted by Crippen LogP contribution is 2.33. The number of methoxy groups -OCH3 is 1. The quantitative estimate of drug-likeness (QED) is 0.571. The minimum absolute atomic E-state index is 0.0657. The number of imidazole rings is 1. The van der Waals surface area contributed by atoms with Crippen molar-refractivity contribution in [2.75, 3.05) is 53.0 Å². The van der Waals surface area contributed by atoms with E-state index in [0.29, 0.717) is 18.3 Å². The van der Waals surface area contributed by atoms with Crippen molar-refractivity contribution in [3.63, 3.8) is 0 Å². The molecule has 1 aromatic carbocycles. The first kappa shape index (κ1) is 21.1. The van der Waals surface area contributed by atoms with Crippen LogP contribution in [0.3, 0.4) is 0 Å². The number of hydrogen-bond acceptors (Lipinski definition) is 7. The van der Waals surface area contributed by atoms with Gasteiger partial charge in [-0.1, -0.05) is 18.2 Å². The number of aromatic nitrogens is 3. The van der Waals surface area contributed by atoms with E-state index in [-0.39, 0.29) is 6.04 Å². The van der Waals surface area contributed by atoms with Gasteiger partial charge in [0.2, 0.25) is 5.88 Å². The molecule has 168 valence electrons. The summed E-state index contributed by atoms with van der Waals surface area (Å²) in [6.45, 7) is 5.97. The van der Waals surface area contributed by atoms with Gasteiger partial charge in [0.15, 0.2) is 0 Å². The van der Waals surface area contributed by atoms with Crippen molar-refractivity contribution in [2.24, 2.45) is 5.92 Å². The van der Waals surface area contributed by atoms with E-state index in [1.807, 2.05) is 30.5 Å². The Bertz CT molecular complexity index is 1080. The number of rotatable bonds is 7. The van der Waals surface area contributed by atoms with Crippen molar-refractivity contribution in [1.82, 2.24) is 24.8 Å². The monoisotopic (exact) mass is 435 g/mol. The van der Waals surface area contributed by atoms with Crippen LogP contribution in [0.1, 0.15) is 18.3 Å². The van der Waals surface area contributed by atoms with Crippen molar-refractivity contribution < 1.29 is 14.3 Å². The molecular formula is C24H29N5O3. The fourth-order valence-corrected chi connectivity index (χ4v) is 4.68. The summed E-state index contributed by atoms with van der Waals surface area (Å²) < 4.78 is 10.9. The Morgan fingerprint density at radius 3 is 2.91 bits per heavy atom. The molecule has 3 aromatic rings. The number of fused-ring (bicyclic) bond motifs is 1. The van der Waals surface area contributed by atoms with Gasteiger partial charge in [-0.05, 0) is 18.6 Å². The molecule has 8 nitrogen and oxygen atoms in total. The van der Waals surface area contributed by atoms with Gasteiger partial charge in [0, 0.05) is 37.5 Å². The van der Waals surface area contributed by atoms with Crippen LogP contribution in [0.2, 0.25) is 0 Å². The first-order valence-corrected chi connectivity index (χ1v) is 11.2. The number of carbonyl (C=O) groups is 1. The summed E-state index contributed by atoms with van der Waals surface area (Å²) in [5.41, 5.74) is 2.65. The van der Waals surface area contributed by atoms with E-state index in [2.05, 4.69) is 25.8 Å². The van der Waals surface area contributed by atoms with Crippen LogP contribution in [0, 0.1) is 5.92 Å². The Morgan fingerprint density at radius 1 is 1.25 bits per heavy atom. The first-order valence-electron chi connectivity index (χ1n) is 11.2. The zero-order chi connectivity index (χ0) is 21.9. The maximum absolute atomic E-state index is 11.4. The largest absolute Gasteiger partial charge is 0.480 e. The third kappa shape index (κ3) is 4.26. The van der Waals surface area contributed by atoms with E-state index in [9.17, 15) is 4.79 Å². The molecule has 0 bridgehead atoms. The summed E-state index contributed by atoms with van der Waals surface area (Å²) in [5.74, 6) is 2.08. The van der Waals surface area contributed by atoms with Crippen LogP contribution in [0.4, 0.5) is 0 Å². The zero-order valence-electron chi connectivity index (χ0n) is 18.4. The lowest BCUT2D eigenvalue weighted by Crippen LogP contribution is -2.41. The standard InChI is InChI=1S/C24H29N5O3/c1-31-24-19(12-18-4-2-3-5-20(18)27-24)21-13-25-23(26-21)22-6-7-28(14-17-15-32-16-17)8-9-29(22)10-11-30/h2-5,11-13,17,22H,6-10,14-16H2,1H3,(H,25,26). The van der Waals surface area contributed by atoms with Crippen LogP contribution in [-0.4, -0.2) is 84.1 Å². The maximum Gasteiger partial charge on any atom is 0.223 e. The van der Waals surface area contributed by atoms with Gasteiger partial charge in [0.05, 0.1) is 55.9 Å². The summed E-state index contributed by atoms with van der Waals surface area (Å²) in [5, 5.41) is 1.05. The molecular weight excluding hydrogens is 406 g/mol. The highest BCUT2D eigenvalue weighted by Gasteiger charge is 2.30. The van der Waals surface area contributed by atoms with Gasteiger partial charge in [0.1, 0.15) is 12.1 Å². The van der Waals surface area contributed by atoms with E-state index in [1.165, 1.54) is 0 Å². The fraction of sp³-hybridized carbons (Fsp3) is 0.458. The molecule has 0 saturated carbocycles. The highest BCUT2D eigenvalue weighted by molar-refractivity contribution is 5.85. The van der Waals surface area contributed by atoms with Crippen molar-refractivity contribution in [1.29, 1.82) is 0 Å². The van der Waals surface area contributed by atoms with Gasteiger partial charge in [-0.15, -0.1) is 0 Å². The molecule has 2 saturated heterocycles. The minimum atomic E-state index is 0.0657. The number of aromatic amines is 1. The number of pyridine rings is 1. The lowest BCUT2D eigenvalue weighted by molar-refractivity contribution is -0.109. The Morgan fingerprint density at radius 2 is 2.12 bits per heavy atom. The second-order valence-corrected chi connectivity index (χ2v) is 8.59. The van der Waals surface area contributed by atoms with E-state index < -0.39 is 0 Å². The molecule has 1 atom stereocenters. The van der Waals surface area contributed by atoms with Gasteiger partial charge in [-0.3, -0.25) is 4.90 Å². The molecule has 2 fully saturated rings. The van der Waals surface area contributed by atoms with Crippen LogP contribution in [0.15, 0.2) is 36.5 Å². The lowest BCUT2D eigenvalue weighted by atomic mass is 10.1. The number of carbonyl (C=O) groups excluding carboxylic acids is 1. The number of benzene rings is 1. The van der Waals surface area contributed by atoms with Crippen LogP contribution in [0.25, 0.3) is 22.2 Å². The normalized spacial score (nSPS) is 20.7. The number of H-pyrrole nitrogens is 1. The van der Waals surface area contributed by atoms with Gasteiger partial charge in [0.25, 0.3) is 0 Å². The summed E-state index contributed by atoms with van der Waals surface area (Å²) in [4.78, 5) is 29.0. The summed E-state index contributed by atoms with van der Waals surface area (Å²) in [6, 6.07) is 10.1. The second kappa shape index (κ2) is 9.36. The lowest BCUT2D eigenvalue weighted by Gasteiger charge is -2.31. The average Bonchev–Trinajstić information content (AvgIpc) is 3.19. The number of nitrogens with one attached hydrogen (secondary N) is 1. The summed E-state index contributed by atoms with van der Waals surface area (Å²) in [7, 11) is 1.64. The van der Waals surface area contributed by atoms with Crippen LogP contribution in [-0.2, 0) is 9.53 Å². The first-order chi connectivity index (χ1) is 15.7. The van der Waals surface area contributed by atoms with Gasteiger partial charge < -0.3 is 24.2 Å². The number of aldehydes is 1. The molecule has 32 heavy (non-hydrogen) atoms. The number of ether oxygens (including phenoxy) is 2. The van der Waals surface area contributed by atoms with Crippen molar-refractivity contribution >= 4 is 17.2 Å². The zero-order valence-corrected chi connectivity index (χ0v) is 18.4. The Hall–Kier alpha value is -2.81. The molecule has 0 spiro atoms. The third-order valence-electron chi connectivity index (χ3n) is 6.48. The smallest absolute Gasteiger partial charge is 0.223 e. The average molecular weight is 436 g/mol. The Balaban J connectivity index is 1.40. The van der Waals surface area contributed by atoms with Crippen molar-refractivity contribution in [2.45, 2.75) is 12.5 Å². The van der Waals surface area contributed by atoms with Crippen molar-refractivity contribution in [3.05, 3.63) is 42.4 Å². The molecule has 2 aliphatic heterocycles. The topological polar surface area (TPSA) is 83.6 Å². The molecule has 1 unspecified atom stereocenters. The highest BCUT2D eigenvalue weighted by atomic mass is 16.5. The number of nitrogens with zero attached hydrogens (tertiary/aromatic N) is 4. The van der Waals surface area contributed by atoms with Gasteiger partial charge in [-0.2, -0.15) is 0 Å². The SMILES string of the molecule is COc1nc2ccccc2cc1-c1cnc(C2CCN(CC3COC3)CCN2CC=O)[nH]1. The molecule has 4 heterocycles. The number of para-hydroxylation sites is 1. The Kier molecular flexibility index (Phi) is 6.16. The van der Waals surface area contributed by atoms with Crippen molar-refractivity contribution in [3.8, 4) is 17.1 Å². The molecule has 0 radical (unpaired) electrons. The summed E-state index contributed by atoms with van der Waals surface area (Å²) in [6.07, 6.45) is 3.75. The molecule has 0 aliphatic carbocycles. The second-order valence-electron chi connectivity index (χ2n) is 8.59. The van der Waals surface area contributed by atoms with Crippen LogP contribution in [0.5, 0.6) is 5.88 Å². The minimum Gasteiger partial charge on any atom is -0.480 e. The fourth-order valence-electron chi connectivity index (χ4n) is 4.68. The van der Waals surface area contributed by atoms with E-state index in [1.54, 1.807) is 7.11 Å².